The van der Waals surface area contributed by atoms with Crippen molar-refractivity contribution in [2.75, 3.05) is 26.2 Å². The number of piperidine rings is 2. The summed E-state index contributed by atoms with van der Waals surface area (Å²) < 4.78 is 0. The lowest BCUT2D eigenvalue weighted by molar-refractivity contribution is -0.126. The summed E-state index contributed by atoms with van der Waals surface area (Å²) >= 11 is 0. The molecule has 2 saturated heterocycles. The molecule has 0 saturated carbocycles. The Hall–Kier alpha value is -0.940. The van der Waals surface area contributed by atoms with Gasteiger partial charge in [-0.3, -0.25) is 4.79 Å². The van der Waals surface area contributed by atoms with E-state index in [1.165, 1.54) is 32.4 Å². The van der Waals surface area contributed by atoms with Gasteiger partial charge in [-0.1, -0.05) is 6.42 Å². The van der Waals surface area contributed by atoms with Crippen molar-refractivity contribution in [3.8, 4) is 0 Å². The highest BCUT2D eigenvalue weighted by Crippen LogP contribution is 2.22. The number of amides is 1. The molecule has 3 aliphatic rings. The maximum atomic E-state index is 11.8. The van der Waals surface area contributed by atoms with Crippen LogP contribution in [0.5, 0.6) is 0 Å². The van der Waals surface area contributed by atoms with Gasteiger partial charge in [-0.2, -0.15) is 5.10 Å². The fourth-order valence-electron chi connectivity index (χ4n) is 3.47. The number of hydrazone groups is 1. The maximum Gasteiger partial charge on any atom is 0.245 e. The first kappa shape index (κ1) is 13.1. The Morgan fingerprint density at radius 3 is 2.89 bits per heavy atom. The number of hydrogen-bond acceptors (Lipinski definition) is 4. The summed E-state index contributed by atoms with van der Waals surface area (Å²) in [5.41, 5.74) is 3.86. The van der Waals surface area contributed by atoms with Crippen LogP contribution in [0.3, 0.4) is 0 Å². The Bertz CT molecular complexity index is 362. The van der Waals surface area contributed by atoms with Gasteiger partial charge in [0, 0.05) is 13.0 Å². The monoisotopic (exact) mass is 264 g/mol. The van der Waals surface area contributed by atoms with E-state index in [-0.39, 0.29) is 17.9 Å². The van der Waals surface area contributed by atoms with Crippen LogP contribution in [0.2, 0.25) is 0 Å². The molecule has 3 aliphatic heterocycles. The minimum absolute atomic E-state index is 0.0962. The molecule has 0 aromatic heterocycles. The molecule has 2 fully saturated rings. The van der Waals surface area contributed by atoms with Gasteiger partial charge in [-0.15, -0.1) is 0 Å². The Balaban J connectivity index is 1.58. The number of hydrogen-bond donors (Lipinski definition) is 2. The number of nitrogens with zero attached hydrogens (tertiary/aromatic N) is 2. The molecule has 19 heavy (non-hydrogen) atoms. The van der Waals surface area contributed by atoms with E-state index in [1.807, 2.05) is 0 Å². The molecule has 0 aliphatic carbocycles. The van der Waals surface area contributed by atoms with Crippen molar-refractivity contribution >= 4 is 11.6 Å². The number of carbonyl (C=O) groups is 1. The number of likely N-dealkylation sites (tertiary alicyclic amines) is 1. The zero-order chi connectivity index (χ0) is 13.1. The van der Waals surface area contributed by atoms with Crippen LogP contribution in [-0.4, -0.2) is 48.7 Å². The van der Waals surface area contributed by atoms with E-state index in [1.54, 1.807) is 0 Å². The molecule has 0 radical (unpaired) electrons. The summed E-state index contributed by atoms with van der Waals surface area (Å²) in [5.74, 6) is 0.196. The van der Waals surface area contributed by atoms with Crippen LogP contribution in [0.15, 0.2) is 5.10 Å². The summed E-state index contributed by atoms with van der Waals surface area (Å²) in [6, 6.07) is 0.187. The molecule has 5 heteroatoms. The number of fused-ring (bicyclic) bond motifs is 1. The van der Waals surface area contributed by atoms with Gasteiger partial charge < -0.3 is 10.2 Å². The Morgan fingerprint density at radius 1 is 1.21 bits per heavy atom. The first-order valence-electron chi connectivity index (χ1n) is 7.66. The molecule has 1 amide bonds. The lowest BCUT2D eigenvalue weighted by Gasteiger charge is -2.36. The van der Waals surface area contributed by atoms with E-state index in [0.29, 0.717) is 0 Å². The zero-order valence-corrected chi connectivity index (χ0v) is 11.5. The zero-order valence-electron chi connectivity index (χ0n) is 11.5. The minimum atomic E-state index is 0.0962. The van der Waals surface area contributed by atoms with Crippen molar-refractivity contribution in [1.29, 1.82) is 0 Å². The van der Waals surface area contributed by atoms with Crippen molar-refractivity contribution < 1.29 is 4.79 Å². The lowest BCUT2D eigenvalue weighted by Crippen LogP contribution is -2.55. The van der Waals surface area contributed by atoms with Gasteiger partial charge >= 0.3 is 0 Å². The van der Waals surface area contributed by atoms with Crippen LogP contribution in [0, 0.1) is 5.92 Å². The molecular formula is C14H24N4O. The molecule has 2 unspecified atom stereocenters. The molecule has 3 heterocycles. The predicted octanol–water partition coefficient (Wildman–Crippen LogP) is 0.716. The number of rotatable bonds is 3. The van der Waals surface area contributed by atoms with Crippen LogP contribution < -0.4 is 10.7 Å². The highest BCUT2D eigenvalue weighted by molar-refractivity contribution is 5.98. The topological polar surface area (TPSA) is 56.7 Å². The quantitative estimate of drug-likeness (QED) is 0.789. The molecule has 5 nitrogen and oxygen atoms in total. The van der Waals surface area contributed by atoms with Crippen LogP contribution in [0.4, 0.5) is 0 Å². The fourth-order valence-corrected chi connectivity index (χ4v) is 3.47. The van der Waals surface area contributed by atoms with Gasteiger partial charge in [0.05, 0.1) is 17.7 Å². The standard InChI is InChI=1S/C14H24N4O/c19-14-11-5-4-7-15-13(11)12(16-17-14)6-10-18-8-2-1-3-9-18/h11,13,15H,1-10H2,(H,17,19). The van der Waals surface area contributed by atoms with Crippen molar-refractivity contribution in [2.24, 2.45) is 11.0 Å². The average molecular weight is 264 g/mol. The second kappa shape index (κ2) is 6.01. The van der Waals surface area contributed by atoms with E-state index in [9.17, 15) is 4.79 Å². The van der Waals surface area contributed by atoms with Crippen LogP contribution in [0.25, 0.3) is 0 Å². The highest BCUT2D eigenvalue weighted by Gasteiger charge is 2.36. The largest absolute Gasteiger partial charge is 0.308 e. The van der Waals surface area contributed by atoms with Crippen LogP contribution in [-0.2, 0) is 4.79 Å². The van der Waals surface area contributed by atoms with Crippen molar-refractivity contribution in [3.63, 3.8) is 0 Å². The third-order valence-electron chi connectivity index (χ3n) is 4.60. The fraction of sp³-hybridized carbons (Fsp3) is 0.857. The first-order chi connectivity index (χ1) is 9.34. The minimum Gasteiger partial charge on any atom is -0.308 e. The summed E-state index contributed by atoms with van der Waals surface area (Å²) in [6.07, 6.45) is 7.09. The summed E-state index contributed by atoms with van der Waals surface area (Å²) in [6.45, 7) is 4.54. The lowest BCUT2D eigenvalue weighted by atomic mass is 9.85. The smallest absolute Gasteiger partial charge is 0.245 e. The third-order valence-corrected chi connectivity index (χ3v) is 4.60. The van der Waals surface area contributed by atoms with Crippen LogP contribution in [0.1, 0.15) is 38.5 Å². The molecule has 0 bridgehead atoms. The third kappa shape index (κ3) is 2.98. The van der Waals surface area contributed by atoms with E-state index < -0.39 is 0 Å². The normalized spacial score (nSPS) is 32.4. The van der Waals surface area contributed by atoms with Crippen molar-refractivity contribution in [3.05, 3.63) is 0 Å². The van der Waals surface area contributed by atoms with E-state index in [4.69, 9.17) is 0 Å². The van der Waals surface area contributed by atoms with Crippen molar-refractivity contribution in [2.45, 2.75) is 44.6 Å². The summed E-state index contributed by atoms with van der Waals surface area (Å²) in [5, 5.41) is 7.79. The SMILES string of the molecule is O=C1NN=C(CCN2CCCCC2)C2NCCCC12. The van der Waals surface area contributed by atoms with Gasteiger partial charge in [0.2, 0.25) is 5.91 Å². The van der Waals surface area contributed by atoms with E-state index >= 15 is 0 Å². The Labute approximate surface area is 114 Å². The van der Waals surface area contributed by atoms with Gasteiger partial charge in [0.15, 0.2) is 0 Å². The van der Waals surface area contributed by atoms with Gasteiger partial charge in [-0.05, 0) is 45.3 Å². The molecule has 2 N–H and O–H groups in total. The second-order valence-electron chi connectivity index (χ2n) is 5.91. The predicted molar refractivity (Wildman–Crippen MR) is 75.0 cm³/mol. The number of carbonyl (C=O) groups excluding carboxylic acids is 1. The Morgan fingerprint density at radius 2 is 2.05 bits per heavy atom. The molecular weight excluding hydrogens is 240 g/mol. The van der Waals surface area contributed by atoms with Crippen LogP contribution >= 0.6 is 0 Å². The Kier molecular flexibility index (Phi) is 4.13. The summed E-state index contributed by atoms with van der Waals surface area (Å²) in [7, 11) is 0. The number of nitrogens with one attached hydrogen (secondary N) is 2. The van der Waals surface area contributed by atoms with E-state index in [2.05, 4.69) is 20.7 Å². The van der Waals surface area contributed by atoms with Gasteiger partial charge in [-0.25, -0.2) is 5.43 Å². The van der Waals surface area contributed by atoms with Gasteiger partial charge in [0.25, 0.3) is 0 Å². The van der Waals surface area contributed by atoms with Crippen molar-refractivity contribution in [1.82, 2.24) is 15.6 Å². The molecule has 3 rings (SSSR count). The first-order valence-corrected chi connectivity index (χ1v) is 7.66. The van der Waals surface area contributed by atoms with E-state index in [0.717, 1.165) is 38.1 Å². The summed E-state index contributed by atoms with van der Waals surface area (Å²) in [4.78, 5) is 14.3. The van der Waals surface area contributed by atoms with Gasteiger partial charge in [0.1, 0.15) is 0 Å². The molecule has 106 valence electrons. The maximum absolute atomic E-state index is 11.8. The average Bonchev–Trinajstić information content (AvgIpc) is 2.48. The molecule has 0 aromatic rings. The molecule has 0 spiro atoms. The second-order valence-corrected chi connectivity index (χ2v) is 5.91. The molecule has 2 atom stereocenters. The highest BCUT2D eigenvalue weighted by atomic mass is 16.2. The molecule has 0 aromatic carbocycles.